The van der Waals surface area contributed by atoms with Gasteiger partial charge in [-0.1, -0.05) is 24.3 Å². The number of ether oxygens (including phenoxy) is 2. The predicted octanol–water partition coefficient (Wildman–Crippen LogP) is 1.49. The van der Waals surface area contributed by atoms with E-state index in [1.165, 1.54) is 4.90 Å². The zero-order chi connectivity index (χ0) is 21.3. The second-order valence-electron chi connectivity index (χ2n) is 7.43. The maximum atomic E-state index is 13.0. The molecule has 0 aliphatic carbocycles. The van der Waals surface area contributed by atoms with Gasteiger partial charge in [0.25, 0.3) is 5.91 Å². The molecule has 0 aromatic heterocycles. The maximum Gasteiger partial charge on any atom is 0.255 e. The number of carbonyl (C=O) groups is 2. The number of nitrogens with zero attached hydrogens (tertiary/aromatic N) is 1. The molecule has 8 nitrogen and oxygen atoms in total. The van der Waals surface area contributed by atoms with Gasteiger partial charge in [0.2, 0.25) is 12.7 Å². The summed E-state index contributed by atoms with van der Waals surface area (Å²) >= 11 is 0. The van der Waals surface area contributed by atoms with Crippen molar-refractivity contribution in [2.45, 2.75) is 25.6 Å². The number of hydrogen-bond acceptors (Lipinski definition) is 6. The summed E-state index contributed by atoms with van der Waals surface area (Å²) in [7, 11) is -3.29. The van der Waals surface area contributed by atoms with Crippen molar-refractivity contribution in [3.05, 3.63) is 59.2 Å². The van der Waals surface area contributed by atoms with Gasteiger partial charge in [0.1, 0.15) is 15.9 Å². The average Bonchev–Trinajstić information content (AvgIpc) is 3.30. The molecular weight excluding hydrogens is 408 g/mol. The van der Waals surface area contributed by atoms with Crippen LogP contribution >= 0.6 is 0 Å². The Hall–Kier alpha value is -3.07. The number of rotatable bonds is 7. The van der Waals surface area contributed by atoms with Crippen LogP contribution in [0.4, 0.5) is 0 Å². The number of nitrogens with one attached hydrogen (secondary N) is 1. The van der Waals surface area contributed by atoms with Crippen LogP contribution in [0, 0.1) is 0 Å². The molecule has 1 atom stereocenters. The summed E-state index contributed by atoms with van der Waals surface area (Å²) in [5.74, 6) is 0.423. The summed E-state index contributed by atoms with van der Waals surface area (Å²) in [5.41, 5.74) is 2.19. The first-order valence-corrected chi connectivity index (χ1v) is 11.6. The zero-order valence-electron chi connectivity index (χ0n) is 16.5. The molecule has 4 rings (SSSR count). The van der Waals surface area contributed by atoms with Gasteiger partial charge in [-0.25, -0.2) is 8.42 Å². The van der Waals surface area contributed by atoms with Crippen LogP contribution < -0.4 is 14.8 Å². The molecule has 30 heavy (non-hydrogen) atoms. The van der Waals surface area contributed by atoms with E-state index in [0.717, 1.165) is 17.4 Å². The maximum absolute atomic E-state index is 13.0. The Morgan fingerprint density at radius 1 is 1.17 bits per heavy atom. The van der Waals surface area contributed by atoms with Crippen LogP contribution in [0.5, 0.6) is 11.5 Å². The van der Waals surface area contributed by atoms with Crippen molar-refractivity contribution >= 4 is 21.7 Å². The fourth-order valence-corrected chi connectivity index (χ4v) is 4.29. The molecule has 1 N–H and O–H groups in total. The number of hydrogen-bond donors (Lipinski definition) is 1. The molecule has 2 heterocycles. The third-order valence-corrected chi connectivity index (χ3v) is 6.17. The molecular formula is C21H22N2O6S. The Labute approximate surface area is 174 Å². The summed E-state index contributed by atoms with van der Waals surface area (Å²) in [6.07, 6.45) is 1.15. The number of benzene rings is 2. The van der Waals surface area contributed by atoms with Crippen molar-refractivity contribution < 1.29 is 27.5 Å². The Morgan fingerprint density at radius 2 is 1.93 bits per heavy atom. The van der Waals surface area contributed by atoms with Gasteiger partial charge < -0.3 is 19.7 Å². The largest absolute Gasteiger partial charge is 0.454 e. The molecule has 1 unspecified atom stereocenters. The van der Waals surface area contributed by atoms with E-state index in [4.69, 9.17) is 9.47 Å². The van der Waals surface area contributed by atoms with Crippen molar-refractivity contribution in [3.8, 4) is 11.5 Å². The first kappa shape index (κ1) is 20.2. The van der Waals surface area contributed by atoms with E-state index < -0.39 is 21.8 Å². The molecule has 2 amide bonds. The highest BCUT2D eigenvalue weighted by molar-refractivity contribution is 7.90. The van der Waals surface area contributed by atoms with E-state index in [-0.39, 0.29) is 38.0 Å². The Balaban J connectivity index is 1.49. The van der Waals surface area contributed by atoms with Gasteiger partial charge in [0, 0.05) is 24.9 Å². The van der Waals surface area contributed by atoms with Crippen LogP contribution in [0.3, 0.4) is 0 Å². The van der Waals surface area contributed by atoms with Crippen LogP contribution in [0.2, 0.25) is 0 Å². The molecule has 2 aliphatic rings. The van der Waals surface area contributed by atoms with Crippen molar-refractivity contribution in [3.63, 3.8) is 0 Å². The van der Waals surface area contributed by atoms with E-state index in [9.17, 15) is 18.0 Å². The monoisotopic (exact) mass is 430 g/mol. The Kier molecular flexibility index (Phi) is 5.38. The minimum atomic E-state index is -3.29. The zero-order valence-corrected chi connectivity index (χ0v) is 17.3. The fourth-order valence-electron chi connectivity index (χ4n) is 3.64. The molecule has 0 bridgehead atoms. The number of carbonyl (C=O) groups excluding carboxylic acids is 2. The third kappa shape index (κ3) is 4.25. The molecule has 2 aromatic carbocycles. The minimum Gasteiger partial charge on any atom is -0.454 e. The van der Waals surface area contributed by atoms with Gasteiger partial charge in [-0.05, 0) is 35.7 Å². The lowest BCUT2D eigenvalue weighted by atomic mass is 10.1. The van der Waals surface area contributed by atoms with E-state index in [2.05, 4.69) is 5.32 Å². The van der Waals surface area contributed by atoms with Crippen LogP contribution in [-0.2, 0) is 27.7 Å². The lowest BCUT2D eigenvalue weighted by Crippen LogP contribution is -2.47. The molecule has 0 radical (unpaired) electrons. The van der Waals surface area contributed by atoms with E-state index >= 15 is 0 Å². The van der Waals surface area contributed by atoms with Crippen LogP contribution in [0.25, 0.3) is 0 Å². The van der Waals surface area contributed by atoms with Crippen LogP contribution in [0.1, 0.15) is 27.9 Å². The smallest absolute Gasteiger partial charge is 0.255 e. The summed E-state index contributed by atoms with van der Waals surface area (Å²) in [6.45, 7) is 0.664. The van der Waals surface area contributed by atoms with Gasteiger partial charge in [-0.2, -0.15) is 0 Å². The van der Waals surface area contributed by atoms with Crippen molar-refractivity contribution in [1.82, 2.24) is 10.2 Å². The normalized spacial score (nSPS) is 15.8. The average molecular weight is 430 g/mol. The molecule has 2 aliphatic heterocycles. The summed E-state index contributed by atoms with van der Waals surface area (Å²) in [4.78, 5) is 27.3. The van der Waals surface area contributed by atoms with E-state index in [1.807, 2.05) is 18.2 Å². The van der Waals surface area contributed by atoms with Crippen LogP contribution in [-0.4, -0.2) is 50.0 Å². The topological polar surface area (TPSA) is 102 Å². The van der Waals surface area contributed by atoms with E-state index in [1.54, 1.807) is 24.3 Å². The first-order chi connectivity index (χ1) is 14.3. The highest BCUT2D eigenvalue weighted by atomic mass is 32.2. The lowest BCUT2D eigenvalue weighted by molar-refractivity contribution is -0.126. The van der Waals surface area contributed by atoms with Gasteiger partial charge in [-0.3, -0.25) is 9.59 Å². The van der Waals surface area contributed by atoms with Crippen LogP contribution in [0.15, 0.2) is 42.5 Å². The van der Waals surface area contributed by atoms with Gasteiger partial charge in [0.15, 0.2) is 11.5 Å². The van der Waals surface area contributed by atoms with Gasteiger partial charge in [0.05, 0.1) is 5.75 Å². The predicted molar refractivity (Wildman–Crippen MR) is 109 cm³/mol. The minimum absolute atomic E-state index is 0.0333. The SMILES string of the molecule is CS(=O)(=O)CCC(C(=O)NCc1ccc2c(c1)OCO2)N1Cc2ccccc2C1=O. The summed E-state index contributed by atoms with van der Waals surface area (Å²) in [5, 5.41) is 2.83. The fraction of sp³-hybridized carbons (Fsp3) is 0.333. The quantitative estimate of drug-likeness (QED) is 0.714. The standard InChI is InChI=1S/C21H22N2O6S/c1-30(26,27)9-8-17(23-12-15-4-2-3-5-16(15)21(23)25)20(24)22-11-14-6-7-18-19(10-14)29-13-28-18/h2-7,10,17H,8-9,11-13H2,1H3,(H,22,24). The lowest BCUT2D eigenvalue weighted by Gasteiger charge is -2.27. The molecule has 0 spiro atoms. The molecule has 2 aromatic rings. The van der Waals surface area contributed by atoms with Crippen molar-refractivity contribution in [1.29, 1.82) is 0 Å². The summed E-state index contributed by atoms with van der Waals surface area (Å²) in [6, 6.07) is 11.6. The first-order valence-electron chi connectivity index (χ1n) is 9.55. The Morgan fingerprint density at radius 3 is 2.70 bits per heavy atom. The van der Waals surface area contributed by atoms with Crippen molar-refractivity contribution in [2.24, 2.45) is 0 Å². The molecule has 0 fully saturated rings. The number of fused-ring (bicyclic) bond motifs is 2. The molecule has 9 heteroatoms. The van der Waals surface area contributed by atoms with Gasteiger partial charge >= 0.3 is 0 Å². The highest BCUT2D eigenvalue weighted by Gasteiger charge is 2.36. The number of amides is 2. The molecule has 158 valence electrons. The highest BCUT2D eigenvalue weighted by Crippen LogP contribution is 2.32. The second kappa shape index (κ2) is 7.98. The molecule has 0 saturated carbocycles. The second-order valence-corrected chi connectivity index (χ2v) is 9.69. The Bertz CT molecular complexity index is 1100. The molecule has 0 saturated heterocycles. The van der Waals surface area contributed by atoms with E-state index in [0.29, 0.717) is 17.1 Å². The third-order valence-electron chi connectivity index (χ3n) is 5.19. The summed E-state index contributed by atoms with van der Waals surface area (Å²) < 4.78 is 34.0. The van der Waals surface area contributed by atoms with Crippen molar-refractivity contribution in [2.75, 3.05) is 18.8 Å². The number of sulfone groups is 1. The van der Waals surface area contributed by atoms with Gasteiger partial charge in [-0.15, -0.1) is 0 Å².